The normalized spacial score (nSPS) is 11.9. The molecule has 4 aromatic carbocycles. The van der Waals surface area contributed by atoms with Crippen molar-refractivity contribution in [3.8, 4) is 17.0 Å². The molecule has 190 valence electrons. The molecule has 0 spiro atoms. The van der Waals surface area contributed by atoms with Crippen molar-refractivity contribution in [3.63, 3.8) is 0 Å². The monoisotopic (exact) mass is 512 g/mol. The van der Waals surface area contributed by atoms with Gasteiger partial charge in [-0.05, 0) is 52.7 Å². The first-order chi connectivity index (χ1) is 18.4. The van der Waals surface area contributed by atoms with Crippen LogP contribution >= 0.6 is 0 Å². The fourth-order valence-corrected chi connectivity index (χ4v) is 4.51. The van der Waals surface area contributed by atoms with Gasteiger partial charge >= 0.3 is 5.97 Å². The van der Waals surface area contributed by atoms with Crippen LogP contribution in [0.4, 0.5) is 8.78 Å². The molecule has 1 aromatic heterocycles. The molecule has 1 heterocycles. The van der Waals surface area contributed by atoms with Crippen molar-refractivity contribution >= 4 is 33.6 Å². The number of benzene rings is 4. The smallest absolute Gasteiger partial charge is 0.326 e. The van der Waals surface area contributed by atoms with Gasteiger partial charge in [-0.3, -0.25) is 4.79 Å². The fraction of sp³-hybridized carbons (Fsp3) is 0.100. The molecule has 0 aliphatic rings. The van der Waals surface area contributed by atoms with Crippen LogP contribution in [-0.4, -0.2) is 35.1 Å². The van der Waals surface area contributed by atoms with E-state index < -0.39 is 35.1 Å². The first-order valence-electron chi connectivity index (χ1n) is 11.8. The summed E-state index contributed by atoms with van der Waals surface area (Å²) < 4.78 is 33.6. The Hall–Kier alpha value is -4.85. The molecular formula is C30H22F2N2O4. The molecule has 1 unspecified atom stereocenters. The zero-order valence-electron chi connectivity index (χ0n) is 20.2. The lowest BCUT2D eigenvalue weighted by atomic mass is 9.99. The molecule has 6 nitrogen and oxygen atoms in total. The van der Waals surface area contributed by atoms with E-state index in [4.69, 9.17) is 9.72 Å². The van der Waals surface area contributed by atoms with Crippen molar-refractivity contribution in [2.45, 2.75) is 12.5 Å². The predicted octanol–water partition coefficient (Wildman–Crippen LogP) is 5.77. The first-order valence-corrected chi connectivity index (χ1v) is 11.8. The van der Waals surface area contributed by atoms with E-state index in [2.05, 4.69) is 5.32 Å². The van der Waals surface area contributed by atoms with Crippen LogP contribution in [0, 0.1) is 11.6 Å². The third kappa shape index (κ3) is 4.76. The Labute approximate surface area is 216 Å². The van der Waals surface area contributed by atoms with Gasteiger partial charge in [-0.1, -0.05) is 48.5 Å². The number of carboxylic acids is 1. The molecule has 5 aromatic rings. The van der Waals surface area contributed by atoms with Crippen molar-refractivity contribution in [1.29, 1.82) is 0 Å². The van der Waals surface area contributed by atoms with Gasteiger partial charge in [-0.2, -0.15) is 0 Å². The van der Waals surface area contributed by atoms with Gasteiger partial charge in [0.05, 0.1) is 23.9 Å². The lowest BCUT2D eigenvalue weighted by Gasteiger charge is -2.16. The molecule has 0 bridgehead atoms. The van der Waals surface area contributed by atoms with Crippen LogP contribution in [0.1, 0.15) is 15.9 Å². The van der Waals surface area contributed by atoms with E-state index in [1.165, 1.54) is 0 Å². The van der Waals surface area contributed by atoms with Crippen molar-refractivity contribution in [1.82, 2.24) is 10.3 Å². The van der Waals surface area contributed by atoms with Crippen LogP contribution < -0.4 is 10.1 Å². The highest BCUT2D eigenvalue weighted by Gasteiger charge is 2.25. The maximum atomic E-state index is 14.0. The summed E-state index contributed by atoms with van der Waals surface area (Å²) in [5, 5.41) is 14.7. The number of hydrogen-bond acceptors (Lipinski definition) is 4. The number of fused-ring (bicyclic) bond motifs is 2. The summed E-state index contributed by atoms with van der Waals surface area (Å²) in [6.07, 6.45) is -0.0913. The second-order valence-corrected chi connectivity index (χ2v) is 8.75. The van der Waals surface area contributed by atoms with Gasteiger partial charge in [0.2, 0.25) is 0 Å². The molecule has 8 heteroatoms. The van der Waals surface area contributed by atoms with E-state index >= 15 is 0 Å². The minimum absolute atomic E-state index is 0.0913. The number of methoxy groups -OCH3 is 1. The average molecular weight is 513 g/mol. The number of carbonyl (C=O) groups is 2. The Morgan fingerprint density at radius 1 is 0.921 bits per heavy atom. The van der Waals surface area contributed by atoms with Crippen LogP contribution in [0.25, 0.3) is 32.9 Å². The second-order valence-electron chi connectivity index (χ2n) is 8.75. The molecule has 38 heavy (non-hydrogen) atoms. The molecule has 0 radical (unpaired) electrons. The number of nitrogens with one attached hydrogen (secondary N) is 1. The summed E-state index contributed by atoms with van der Waals surface area (Å²) >= 11 is 0. The zero-order valence-corrected chi connectivity index (χ0v) is 20.2. The molecule has 0 fully saturated rings. The molecule has 0 saturated heterocycles. The number of hydrogen-bond donors (Lipinski definition) is 2. The number of carboxylic acid groups (broad SMARTS) is 1. The van der Waals surface area contributed by atoms with E-state index in [1.54, 1.807) is 25.3 Å². The molecule has 2 N–H and O–H groups in total. The van der Waals surface area contributed by atoms with Crippen LogP contribution in [0.3, 0.4) is 0 Å². The number of aromatic nitrogens is 1. The Morgan fingerprint density at radius 2 is 1.66 bits per heavy atom. The summed E-state index contributed by atoms with van der Waals surface area (Å²) in [6, 6.07) is 22.4. The fourth-order valence-electron chi connectivity index (χ4n) is 4.51. The second kappa shape index (κ2) is 10.3. The zero-order chi connectivity index (χ0) is 26.8. The standard InChI is InChI=1S/C30H22F2N2O4/c1-38-26-14-11-18-5-2-3-6-20(18)27(26)24-13-10-19-15-17(9-12-23(19)33-24)16-25(30(36)37)34-29(35)28-21(31)7-4-8-22(28)32/h2-15,25H,16H2,1H3,(H,34,35)(H,36,37). The Morgan fingerprint density at radius 3 is 2.39 bits per heavy atom. The van der Waals surface area contributed by atoms with Gasteiger partial charge in [0.1, 0.15) is 29.0 Å². The quantitative estimate of drug-likeness (QED) is 0.289. The number of ether oxygens (including phenoxy) is 1. The third-order valence-corrected chi connectivity index (χ3v) is 6.35. The third-order valence-electron chi connectivity index (χ3n) is 6.35. The summed E-state index contributed by atoms with van der Waals surface area (Å²) in [4.78, 5) is 29.1. The highest BCUT2D eigenvalue weighted by molar-refractivity contribution is 6.00. The van der Waals surface area contributed by atoms with E-state index in [1.807, 2.05) is 48.5 Å². The highest BCUT2D eigenvalue weighted by atomic mass is 19.1. The van der Waals surface area contributed by atoms with Crippen LogP contribution in [-0.2, 0) is 11.2 Å². The predicted molar refractivity (Wildman–Crippen MR) is 140 cm³/mol. The van der Waals surface area contributed by atoms with Crippen LogP contribution in [0.5, 0.6) is 5.75 Å². The molecule has 0 aliphatic carbocycles. The summed E-state index contributed by atoms with van der Waals surface area (Å²) in [7, 11) is 1.61. The van der Waals surface area contributed by atoms with Gasteiger partial charge < -0.3 is 15.2 Å². The molecular weight excluding hydrogens is 490 g/mol. The van der Waals surface area contributed by atoms with Gasteiger partial charge in [0.25, 0.3) is 5.91 Å². The Balaban J connectivity index is 1.44. The lowest BCUT2D eigenvalue weighted by Crippen LogP contribution is -2.42. The molecule has 1 amide bonds. The van der Waals surface area contributed by atoms with Crippen molar-refractivity contribution in [3.05, 3.63) is 108 Å². The van der Waals surface area contributed by atoms with Gasteiger partial charge in [0, 0.05) is 11.8 Å². The average Bonchev–Trinajstić information content (AvgIpc) is 2.91. The van der Waals surface area contributed by atoms with Gasteiger partial charge in [0.15, 0.2) is 0 Å². The lowest BCUT2D eigenvalue weighted by molar-refractivity contribution is -0.139. The number of halogens is 2. The van der Waals surface area contributed by atoms with Gasteiger partial charge in [-0.25, -0.2) is 18.6 Å². The number of rotatable bonds is 7. The number of aliphatic carboxylic acids is 1. The summed E-state index contributed by atoms with van der Waals surface area (Å²) in [5.41, 5.74) is 2.06. The SMILES string of the molecule is COc1ccc2ccccc2c1-c1ccc2cc(CC(NC(=O)c3c(F)cccc3F)C(=O)O)ccc2n1. The number of nitrogens with zero attached hydrogens (tertiary/aromatic N) is 1. The van der Waals surface area contributed by atoms with E-state index in [0.29, 0.717) is 16.8 Å². The van der Waals surface area contributed by atoms with Crippen molar-refractivity contribution < 1.29 is 28.2 Å². The maximum Gasteiger partial charge on any atom is 0.326 e. The number of pyridine rings is 1. The summed E-state index contributed by atoms with van der Waals surface area (Å²) in [5.74, 6) is -3.90. The van der Waals surface area contributed by atoms with Crippen molar-refractivity contribution in [2.75, 3.05) is 7.11 Å². The first kappa shape index (κ1) is 24.8. The number of amides is 1. The van der Waals surface area contributed by atoms with E-state index in [9.17, 15) is 23.5 Å². The van der Waals surface area contributed by atoms with Crippen molar-refractivity contribution in [2.24, 2.45) is 0 Å². The Kier molecular flexibility index (Phi) is 6.70. The molecule has 0 aliphatic heterocycles. The maximum absolute atomic E-state index is 14.0. The largest absolute Gasteiger partial charge is 0.496 e. The van der Waals surface area contributed by atoms with E-state index in [0.717, 1.165) is 45.6 Å². The van der Waals surface area contributed by atoms with Gasteiger partial charge in [-0.15, -0.1) is 0 Å². The summed E-state index contributed by atoms with van der Waals surface area (Å²) in [6.45, 7) is 0. The van der Waals surface area contributed by atoms with E-state index in [-0.39, 0.29) is 6.42 Å². The Bertz CT molecular complexity index is 1680. The number of carbonyl (C=O) groups excluding carboxylic acids is 1. The molecule has 5 rings (SSSR count). The minimum Gasteiger partial charge on any atom is -0.496 e. The highest BCUT2D eigenvalue weighted by Crippen LogP contribution is 2.36. The molecule has 1 atom stereocenters. The van der Waals surface area contributed by atoms with Crippen LogP contribution in [0.15, 0.2) is 84.9 Å². The minimum atomic E-state index is -1.40. The molecule has 0 saturated carbocycles. The van der Waals surface area contributed by atoms with Crippen LogP contribution in [0.2, 0.25) is 0 Å². The topological polar surface area (TPSA) is 88.5 Å².